The number of halogens is 3. The van der Waals surface area contributed by atoms with E-state index >= 15 is 0 Å². The first-order chi connectivity index (χ1) is 13.0. The number of aromatic amines is 1. The summed E-state index contributed by atoms with van der Waals surface area (Å²) in [7, 11) is 0. The Labute approximate surface area is 154 Å². The van der Waals surface area contributed by atoms with Gasteiger partial charge in [-0.2, -0.15) is 13.2 Å². The highest BCUT2D eigenvalue weighted by Gasteiger charge is 2.33. The van der Waals surface area contributed by atoms with Crippen molar-refractivity contribution in [3.8, 4) is 0 Å². The van der Waals surface area contributed by atoms with Crippen LogP contribution < -0.4 is 5.32 Å². The summed E-state index contributed by atoms with van der Waals surface area (Å²) in [6.07, 6.45) is 0.458. The van der Waals surface area contributed by atoms with Crippen molar-refractivity contribution in [3.63, 3.8) is 0 Å². The van der Waals surface area contributed by atoms with Crippen LogP contribution in [0.1, 0.15) is 24.1 Å². The standard InChI is InChI=1S/C19H20F3N5/c20-19(21,22)17-6-8-24-18(26-17)25-15-2-1-9-27(12-15)11-13-3-4-16-14(10-13)5-7-23-16/h3-8,10,15,23H,1-2,9,11-12H2,(H,24,25,26). The Morgan fingerprint density at radius 3 is 2.96 bits per heavy atom. The number of hydrogen-bond acceptors (Lipinski definition) is 4. The second kappa shape index (κ2) is 7.19. The molecule has 0 bridgehead atoms. The molecule has 142 valence electrons. The molecular weight excluding hydrogens is 355 g/mol. The van der Waals surface area contributed by atoms with Gasteiger partial charge in [0, 0.05) is 37.0 Å². The van der Waals surface area contributed by atoms with Crippen molar-refractivity contribution in [1.82, 2.24) is 19.9 Å². The van der Waals surface area contributed by atoms with Gasteiger partial charge in [-0.15, -0.1) is 0 Å². The molecule has 1 aliphatic heterocycles. The number of alkyl halides is 3. The monoisotopic (exact) mass is 375 g/mol. The topological polar surface area (TPSA) is 56.8 Å². The zero-order valence-electron chi connectivity index (χ0n) is 14.6. The fourth-order valence-electron chi connectivity index (χ4n) is 3.54. The molecule has 5 nitrogen and oxygen atoms in total. The van der Waals surface area contributed by atoms with Crippen molar-refractivity contribution < 1.29 is 13.2 Å². The number of H-pyrrole nitrogens is 1. The number of nitrogens with one attached hydrogen (secondary N) is 2. The Morgan fingerprint density at radius 1 is 1.22 bits per heavy atom. The minimum atomic E-state index is -4.46. The van der Waals surface area contributed by atoms with Crippen molar-refractivity contribution in [2.24, 2.45) is 0 Å². The number of hydrogen-bond donors (Lipinski definition) is 2. The Kier molecular flexibility index (Phi) is 4.73. The Bertz CT molecular complexity index is 921. The minimum Gasteiger partial charge on any atom is -0.361 e. The van der Waals surface area contributed by atoms with E-state index in [1.165, 1.54) is 10.9 Å². The number of rotatable bonds is 4. The predicted molar refractivity (Wildman–Crippen MR) is 97.3 cm³/mol. The van der Waals surface area contributed by atoms with Crippen molar-refractivity contribution in [2.75, 3.05) is 18.4 Å². The van der Waals surface area contributed by atoms with Crippen molar-refractivity contribution in [2.45, 2.75) is 31.6 Å². The molecule has 1 aromatic carbocycles. The molecule has 1 saturated heterocycles. The summed E-state index contributed by atoms with van der Waals surface area (Å²) in [6, 6.07) is 9.30. The average Bonchev–Trinajstić information content (AvgIpc) is 3.09. The lowest BCUT2D eigenvalue weighted by atomic mass is 10.0. The number of aromatic nitrogens is 3. The molecule has 0 aliphatic carbocycles. The van der Waals surface area contributed by atoms with E-state index < -0.39 is 11.9 Å². The molecule has 27 heavy (non-hydrogen) atoms. The largest absolute Gasteiger partial charge is 0.433 e. The molecule has 0 radical (unpaired) electrons. The molecule has 1 atom stereocenters. The first-order valence-corrected chi connectivity index (χ1v) is 8.92. The maximum atomic E-state index is 12.8. The lowest BCUT2D eigenvalue weighted by Gasteiger charge is -2.33. The van der Waals surface area contributed by atoms with E-state index in [-0.39, 0.29) is 12.0 Å². The summed E-state index contributed by atoms with van der Waals surface area (Å²) < 4.78 is 38.4. The first kappa shape index (κ1) is 17.8. The van der Waals surface area contributed by atoms with E-state index in [2.05, 4.69) is 43.4 Å². The Hall–Kier alpha value is -2.61. The summed E-state index contributed by atoms with van der Waals surface area (Å²) in [4.78, 5) is 13.0. The van der Waals surface area contributed by atoms with Crippen LogP contribution in [0.2, 0.25) is 0 Å². The van der Waals surface area contributed by atoms with E-state index in [4.69, 9.17) is 0 Å². The van der Waals surface area contributed by atoms with Crippen LogP contribution in [-0.4, -0.2) is 39.0 Å². The molecule has 3 heterocycles. The third-order valence-electron chi connectivity index (χ3n) is 4.81. The van der Waals surface area contributed by atoms with E-state index in [1.54, 1.807) is 0 Å². The SMILES string of the molecule is FC(F)(F)c1ccnc(NC2CCCN(Cc3ccc4[nH]ccc4c3)C2)n1. The van der Waals surface area contributed by atoms with E-state index in [1.807, 2.05) is 12.3 Å². The average molecular weight is 375 g/mol. The molecule has 3 aromatic rings. The molecular formula is C19H20F3N5. The first-order valence-electron chi connectivity index (χ1n) is 8.92. The van der Waals surface area contributed by atoms with Gasteiger partial charge in [-0.05, 0) is 54.6 Å². The van der Waals surface area contributed by atoms with Crippen LogP contribution in [0.4, 0.5) is 19.1 Å². The number of nitrogens with zero attached hydrogens (tertiary/aromatic N) is 3. The van der Waals surface area contributed by atoms with Gasteiger partial charge in [-0.3, -0.25) is 4.90 Å². The molecule has 4 rings (SSSR count). The van der Waals surface area contributed by atoms with Crippen molar-refractivity contribution in [1.29, 1.82) is 0 Å². The maximum absolute atomic E-state index is 12.8. The number of benzene rings is 1. The van der Waals surface area contributed by atoms with E-state index in [0.29, 0.717) is 0 Å². The molecule has 0 spiro atoms. The van der Waals surface area contributed by atoms with Gasteiger partial charge in [0.1, 0.15) is 5.69 Å². The summed E-state index contributed by atoms with van der Waals surface area (Å²) >= 11 is 0. The quantitative estimate of drug-likeness (QED) is 0.722. The van der Waals surface area contributed by atoms with Crippen LogP contribution in [0.5, 0.6) is 0 Å². The van der Waals surface area contributed by atoms with Gasteiger partial charge in [0.15, 0.2) is 0 Å². The Morgan fingerprint density at radius 2 is 2.11 bits per heavy atom. The lowest BCUT2D eigenvalue weighted by Crippen LogP contribution is -2.42. The molecule has 8 heteroatoms. The highest BCUT2D eigenvalue weighted by Crippen LogP contribution is 2.28. The molecule has 2 aromatic heterocycles. The van der Waals surface area contributed by atoms with Crippen LogP contribution in [0.15, 0.2) is 42.7 Å². The molecule has 0 amide bonds. The number of piperidine rings is 1. The molecule has 1 aliphatic rings. The summed E-state index contributed by atoms with van der Waals surface area (Å²) in [5, 5.41) is 4.24. The van der Waals surface area contributed by atoms with Crippen LogP contribution in [0.3, 0.4) is 0 Å². The van der Waals surface area contributed by atoms with Crippen molar-refractivity contribution >= 4 is 16.9 Å². The molecule has 0 saturated carbocycles. The third-order valence-corrected chi connectivity index (χ3v) is 4.81. The van der Waals surface area contributed by atoms with Gasteiger partial charge in [0.25, 0.3) is 0 Å². The van der Waals surface area contributed by atoms with Crippen LogP contribution in [0.25, 0.3) is 10.9 Å². The minimum absolute atomic E-state index is 0.0261. The Balaban J connectivity index is 1.40. The summed E-state index contributed by atoms with van der Waals surface area (Å²) in [6.45, 7) is 2.51. The van der Waals surface area contributed by atoms with Crippen LogP contribution in [-0.2, 0) is 12.7 Å². The summed E-state index contributed by atoms with van der Waals surface area (Å²) in [5.74, 6) is 0.0328. The second-order valence-electron chi connectivity index (χ2n) is 6.88. The van der Waals surface area contributed by atoms with Gasteiger partial charge >= 0.3 is 6.18 Å². The predicted octanol–water partition coefficient (Wildman–Crippen LogP) is 4.05. The number of fused-ring (bicyclic) bond motifs is 1. The van der Waals surface area contributed by atoms with E-state index in [0.717, 1.165) is 50.3 Å². The molecule has 2 N–H and O–H groups in total. The fraction of sp³-hybridized carbons (Fsp3) is 0.368. The van der Waals surface area contributed by atoms with Gasteiger partial charge < -0.3 is 10.3 Å². The van der Waals surface area contributed by atoms with Gasteiger partial charge in [0.2, 0.25) is 5.95 Å². The van der Waals surface area contributed by atoms with Gasteiger partial charge in [0.05, 0.1) is 0 Å². The normalized spacial score (nSPS) is 18.7. The lowest BCUT2D eigenvalue weighted by molar-refractivity contribution is -0.141. The highest BCUT2D eigenvalue weighted by atomic mass is 19.4. The highest BCUT2D eigenvalue weighted by molar-refractivity contribution is 5.79. The molecule has 1 unspecified atom stereocenters. The number of likely N-dealkylation sites (tertiary alicyclic amines) is 1. The number of anilines is 1. The van der Waals surface area contributed by atoms with Crippen LogP contribution >= 0.6 is 0 Å². The zero-order valence-corrected chi connectivity index (χ0v) is 14.6. The van der Waals surface area contributed by atoms with Crippen LogP contribution in [0, 0.1) is 0 Å². The summed E-state index contributed by atoms with van der Waals surface area (Å²) in [5.41, 5.74) is 1.41. The smallest absolute Gasteiger partial charge is 0.361 e. The van der Waals surface area contributed by atoms with E-state index in [9.17, 15) is 13.2 Å². The zero-order chi connectivity index (χ0) is 18.9. The molecule has 1 fully saturated rings. The fourth-order valence-corrected chi connectivity index (χ4v) is 3.54. The van der Waals surface area contributed by atoms with Crippen molar-refractivity contribution in [3.05, 3.63) is 54.0 Å². The third kappa shape index (κ3) is 4.21. The van der Waals surface area contributed by atoms with Gasteiger partial charge in [-0.1, -0.05) is 6.07 Å². The maximum Gasteiger partial charge on any atom is 0.433 e. The van der Waals surface area contributed by atoms with Gasteiger partial charge in [-0.25, -0.2) is 9.97 Å². The second-order valence-corrected chi connectivity index (χ2v) is 6.88.